The van der Waals surface area contributed by atoms with Crippen molar-refractivity contribution in [1.29, 1.82) is 0 Å². The lowest BCUT2D eigenvalue weighted by Gasteiger charge is -2.39. The van der Waals surface area contributed by atoms with Crippen LogP contribution in [0, 0.1) is 5.82 Å². The van der Waals surface area contributed by atoms with Gasteiger partial charge in [-0.1, -0.05) is 30.3 Å². The van der Waals surface area contributed by atoms with Crippen molar-refractivity contribution in [2.45, 2.75) is 13.0 Å². The molecule has 2 aromatic carbocycles. The number of hydrogen-bond acceptors (Lipinski definition) is 4. The van der Waals surface area contributed by atoms with E-state index < -0.39 is 21.9 Å². The molecule has 6 nitrogen and oxygen atoms in total. The number of piperazine rings is 1. The van der Waals surface area contributed by atoms with Crippen molar-refractivity contribution in [2.75, 3.05) is 41.6 Å². The number of sulfonamides is 1. The van der Waals surface area contributed by atoms with Gasteiger partial charge in [0.1, 0.15) is 11.9 Å². The van der Waals surface area contributed by atoms with E-state index in [9.17, 15) is 17.6 Å². The van der Waals surface area contributed by atoms with Crippen molar-refractivity contribution in [3.63, 3.8) is 0 Å². The maximum absolute atomic E-state index is 14.2. The molecule has 0 aromatic heterocycles. The fourth-order valence-corrected chi connectivity index (χ4v) is 4.66. The van der Waals surface area contributed by atoms with E-state index in [0.29, 0.717) is 26.2 Å². The minimum atomic E-state index is -3.84. The minimum Gasteiger partial charge on any atom is -0.368 e. The topological polar surface area (TPSA) is 60.9 Å². The van der Waals surface area contributed by atoms with Crippen LogP contribution in [-0.4, -0.2) is 57.7 Å². The Morgan fingerprint density at radius 1 is 1.00 bits per heavy atom. The molecule has 3 rings (SSSR count). The van der Waals surface area contributed by atoms with E-state index >= 15 is 0 Å². The largest absolute Gasteiger partial charge is 0.368 e. The van der Waals surface area contributed by atoms with E-state index in [1.807, 2.05) is 30.3 Å². The van der Waals surface area contributed by atoms with Crippen LogP contribution in [-0.2, 0) is 14.8 Å². The molecule has 0 bridgehead atoms. The highest BCUT2D eigenvalue weighted by atomic mass is 32.2. The van der Waals surface area contributed by atoms with Gasteiger partial charge >= 0.3 is 0 Å². The summed E-state index contributed by atoms with van der Waals surface area (Å²) < 4.78 is 39.8. The molecule has 8 heteroatoms. The molecule has 150 valence electrons. The maximum atomic E-state index is 14.2. The van der Waals surface area contributed by atoms with Gasteiger partial charge in [0.15, 0.2) is 0 Å². The smallest absolute Gasteiger partial charge is 0.246 e. The third-order valence-electron chi connectivity index (χ3n) is 4.87. The molecule has 1 aliphatic heterocycles. The van der Waals surface area contributed by atoms with Gasteiger partial charge in [0.25, 0.3) is 0 Å². The van der Waals surface area contributed by atoms with Crippen LogP contribution in [0.15, 0.2) is 54.6 Å². The molecule has 1 atom stereocenters. The number of amides is 1. The summed E-state index contributed by atoms with van der Waals surface area (Å²) in [5, 5.41) is 0. The molecule has 1 amide bonds. The average Bonchev–Trinajstić information content (AvgIpc) is 2.69. The van der Waals surface area contributed by atoms with E-state index in [2.05, 4.69) is 4.90 Å². The predicted octanol–water partition coefficient (Wildman–Crippen LogP) is 2.33. The number of benzene rings is 2. The van der Waals surface area contributed by atoms with Crippen LogP contribution in [0.2, 0.25) is 0 Å². The summed E-state index contributed by atoms with van der Waals surface area (Å²) in [4.78, 5) is 16.8. The standard InChI is InChI=1S/C20H24FN3O3S/c1-16(24(28(2,26)27)19-11-7-6-10-18(19)21)20(25)23-14-12-22(13-15-23)17-8-4-3-5-9-17/h3-11,16H,12-15H2,1-2H3. The van der Waals surface area contributed by atoms with Gasteiger partial charge in [-0.25, -0.2) is 12.8 Å². The molecule has 28 heavy (non-hydrogen) atoms. The van der Waals surface area contributed by atoms with Crippen LogP contribution in [0.25, 0.3) is 0 Å². The number of nitrogens with zero attached hydrogens (tertiary/aromatic N) is 3. The Kier molecular flexibility index (Phi) is 5.88. The highest BCUT2D eigenvalue weighted by Gasteiger charge is 2.34. The number of para-hydroxylation sites is 2. The first kappa shape index (κ1) is 20.1. The lowest BCUT2D eigenvalue weighted by Crippen LogP contribution is -2.55. The maximum Gasteiger partial charge on any atom is 0.246 e. The van der Waals surface area contributed by atoms with Crippen LogP contribution in [0.1, 0.15) is 6.92 Å². The third kappa shape index (κ3) is 4.27. The van der Waals surface area contributed by atoms with Crippen molar-refractivity contribution >= 4 is 27.3 Å². The summed E-state index contributed by atoms with van der Waals surface area (Å²) in [6.45, 7) is 3.77. The molecule has 0 N–H and O–H groups in total. The van der Waals surface area contributed by atoms with Gasteiger partial charge in [-0.3, -0.25) is 9.10 Å². The van der Waals surface area contributed by atoms with E-state index in [1.54, 1.807) is 11.0 Å². The predicted molar refractivity (Wildman–Crippen MR) is 108 cm³/mol. The molecule has 0 saturated carbocycles. The number of rotatable bonds is 5. The summed E-state index contributed by atoms with van der Waals surface area (Å²) in [7, 11) is -3.84. The number of hydrogen-bond donors (Lipinski definition) is 0. The number of halogens is 1. The van der Waals surface area contributed by atoms with Crippen molar-refractivity contribution < 1.29 is 17.6 Å². The van der Waals surface area contributed by atoms with Gasteiger partial charge in [-0.15, -0.1) is 0 Å². The Labute approximate surface area is 165 Å². The molecule has 2 aromatic rings. The molecule has 1 saturated heterocycles. The van der Waals surface area contributed by atoms with Gasteiger partial charge in [0, 0.05) is 31.9 Å². The van der Waals surface area contributed by atoms with Gasteiger partial charge in [0.05, 0.1) is 11.9 Å². The molecule has 0 radical (unpaired) electrons. The Morgan fingerprint density at radius 2 is 1.57 bits per heavy atom. The average molecular weight is 405 g/mol. The van der Waals surface area contributed by atoms with Gasteiger partial charge in [-0.2, -0.15) is 0 Å². The van der Waals surface area contributed by atoms with Crippen LogP contribution in [0.5, 0.6) is 0 Å². The molecule has 0 aliphatic carbocycles. The van der Waals surface area contributed by atoms with Gasteiger partial charge < -0.3 is 9.80 Å². The first-order chi connectivity index (χ1) is 13.3. The fourth-order valence-electron chi connectivity index (χ4n) is 3.49. The molecule has 1 aliphatic rings. The SMILES string of the molecule is CC(C(=O)N1CCN(c2ccccc2)CC1)N(c1ccccc1F)S(C)(=O)=O. The molecular weight excluding hydrogens is 381 g/mol. The van der Waals surface area contributed by atoms with Crippen LogP contribution >= 0.6 is 0 Å². The van der Waals surface area contributed by atoms with E-state index in [4.69, 9.17) is 0 Å². The lowest BCUT2D eigenvalue weighted by atomic mass is 10.2. The summed E-state index contributed by atoms with van der Waals surface area (Å²) in [6, 6.07) is 14.5. The minimum absolute atomic E-state index is 0.117. The second-order valence-corrected chi connectivity index (χ2v) is 8.69. The molecule has 1 fully saturated rings. The van der Waals surface area contributed by atoms with Crippen molar-refractivity contribution in [3.8, 4) is 0 Å². The second kappa shape index (κ2) is 8.18. The first-order valence-electron chi connectivity index (χ1n) is 9.12. The van der Waals surface area contributed by atoms with E-state index in [-0.39, 0.29) is 11.6 Å². The molecule has 0 spiro atoms. The Bertz CT molecular complexity index is 929. The van der Waals surface area contributed by atoms with Crippen molar-refractivity contribution in [1.82, 2.24) is 4.90 Å². The van der Waals surface area contributed by atoms with E-state index in [0.717, 1.165) is 16.2 Å². The molecular formula is C20H24FN3O3S. The second-order valence-electron chi connectivity index (χ2n) is 6.83. The number of carbonyl (C=O) groups is 1. The first-order valence-corrected chi connectivity index (χ1v) is 11.0. The molecule has 1 heterocycles. The van der Waals surface area contributed by atoms with E-state index in [1.165, 1.54) is 25.1 Å². The Balaban J connectivity index is 1.75. The van der Waals surface area contributed by atoms with Gasteiger partial charge in [-0.05, 0) is 31.2 Å². The zero-order valence-corrected chi connectivity index (χ0v) is 16.8. The normalized spacial score (nSPS) is 16.0. The Morgan fingerprint density at radius 3 is 2.14 bits per heavy atom. The highest BCUT2D eigenvalue weighted by Crippen LogP contribution is 2.25. The zero-order chi connectivity index (χ0) is 20.3. The summed E-state index contributed by atoms with van der Waals surface area (Å²) in [5.41, 5.74) is 0.973. The molecule has 1 unspecified atom stereocenters. The quantitative estimate of drug-likeness (QED) is 0.766. The number of anilines is 2. The number of carbonyl (C=O) groups excluding carboxylic acids is 1. The van der Waals surface area contributed by atoms with Gasteiger partial charge in [0.2, 0.25) is 15.9 Å². The summed E-state index contributed by atoms with van der Waals surface area (Å²) in [5.74, 6) is -1.01. The van der Waals surface area contributed by atoms with Crippen LogP contribution < -0.4 is 9.21 Å². The zero-order valence-electron chi connectivity index (χ0n) is 16.0. The highest BCUT2D eigenvalue weighted by molar-refractivity contribution is 7.92. The van der Waals surface area contributed by atoms with Crippen molar-refractivity contribution in [3.05, 3.63) is 60.4 Å². The monoisotopic (exact) mass is 405 g/mol. The third-order valence-corrected chi connectivity index (χ3v) is 6.10. The van der Waals surface area contributed by atoms with Crippen LogP contribution in [0.3, 0.4) is 0 Å². The van der Waals surface area contributed by atoms with Crippen LogP contribution in [0.4, 0.5) is 15.8 Å². The van der Waals surface area contributed by atoms with Crippen molar-refractivity contribution in [2.24, 2.45) is 0 Å². The lowest BCUT2D eigenvalue weighted by molar-refractivity contribution is -0.132. The fraction of sp³-hybridized carbons (Fsp3) is 0.350. The Hall–Kier alpha value is -2.61. The summed E-state index contributed by atoms with van der Waals surface area (Å²) in [6.07, 6.45) is 0.983. The summed E-state index contributed by atoms with van der Waals surface area (Å²) >= 11 is 0.